The van der Waals surface area contributed by atoms with Crippen molar-refractivity contribution in [3.8, 4) is 11.3 Å². The molecule has 0 atom stereocenters. The number of hydrogen-bond acceptors (Lipinski definition) is 2. The number of para-hydroxylation sites is 1. The van der Waals surface area contributed by atoms with Gasteiger partial charge in [-0.15, -0.1) is 0 Å². The summed E-state index contributed by atoms with van der Waals surface area (Å²) in [5.74, 6) is 0.953. The van der Waals surface area contributed by atoms with Crippen molar-refractivity contribution in [3.05, 3.63) is 54.1 Å². The third-order valence-corrected chi connectivity index (χ3v) is 3.75. The zero-order chi connectivity index (χ0) is 12.7. The van der Waals surface area contributed by atoms with E-state index in [4.69, 9.17) is 4.42 Å². The maximum Gasteiger partial charge on any atom is 0.135 e. The minimum atomic E-state index is 0.952. The minimum Gasteiger partial charge on any atom is -0.456 e. The molecule has 1 aliphatic rings. The minimum absolute atomic E-state index is 0.952. The Labute approximate surface area is 112 Å². The lowest BCUT2D eigenvalue weighted by Crippen LogP contribution is -2.11. The predicted octanol–water partition coefficient (Wildman–Crippen LogP) is 4.46. The van der Waals surface area contributed by atoms with E-state index in [1.807, 2.05) is 18.2 Å². The molecular weight excluding hydrogens is 234 g/mol. The van der Waals surface area contributed by atoms with Crippen LogP contribution in [-0.2, 0) is 6.42 Å². The second-order valence-corrected chi connectivity index (χ2v) is 5.05. The Morgan fingerprint density at radius 2 is 1.95 bits per heavy atom. The Morgan fingerprint density at radius 3 is 2.89 bits per heavy atom. The molecule has 0 spiro atoms. The summed E-state index contributed by atoms with van der Waals surface area (Å²) in [6.07, 6.45) is 2.35. The molecule has 2 heterocycles. The second kappa shape index (κ2) is 4.16. The van der Waals surface area contributed by atoms with Crippen molar-refractivity contribution in [1.82, 2.24) is 0 Å². The van der Waals surface area contributed by atoms with Crippen LogP contribution in [0.25, 0.3) is 22.3 Å². The van der Waals surface area contributed by atoms with E-state index >= 15 is 0 Å². The molecule has 0 bridgehead atoms. The number of anilines is 1. The normalized spacial score (nSPS) is 14.1. The molecule has 1 aromatic heterocycles. The molecule has 0 unspecified atom stereocenters. The van der Waals surface area contributed by atoms with Crippen molar-refractivity contribution in [3.63, 3.8) is 0 Å². The van der Waals surface area contributed by atoms with E-state index in [0.29, 0.717) is 0 Å². The third kappa shape index (κ3) is 1.80. The largest absolute Gasteiger partial charge is 0.456 e. The Hall–Kier alpha value is -2.22. The molecule has 1 N–H and O–H groups in total. The summed E-state index contributed by atoms with van der Waals surface area (Å²) in [6, 6.07) is 16.8. The van der Waals surface area contributed by atoms with Gasteiger partial charge in [0.1, 0.15) is 11.3 Å². The van der Waals surface area contributed by atoms with Crippen molar-refractivity contribution in [2.75, 3.05) is 11.9 Å². The van der Waals surface area contributed by atoms with Gasteiger partial charge in [-0.2, -0.15) is 0 Å². The fraction of sp³-hybridized carbons (Fsp3) is 0.176. The van der Waals surface area contributed by atoms with Crippen LogP contribution in [0.15, 0.2) is 52.9 Å². The van der Waals surface area contributed by atoms with E-state index < -0.39 is 0 Å². The van der Waals surface area contributed by atoms with Crippen LogP contribution in [0, 0.1) is 0 Å². The molecule has 0 radical (unpaired) electrons. The maximum atomic E-state index is 5.92. The van der Waals surface area contributed by atoms with Crippen molar-refractivity contribution < 1.29 is 4.42 Å². The molecule has 2 nitrogen and oxygen atoms in total. The summed E-state index contributed by atoms with van der Waals surface area (Å²) in [7, 11) is 0. The summed E-state index contributed by atoms with van der Waals surface area (Å²) < 4.78 is 5.92. The van der Waals surface area contributed by atoms with Crippen LogP contribution in [0.1, 0.15) is 12.0 Å². The first-order chi connectivity index (χ1) is 9.40. The van der Waals surface area contributed by atoms with Crippen LogP contribution in [0.4, 0.5) is 5.69 Å². The molecule has 4 rings (SSSR count). The standard InChI is InChI=1S/C17H15NO/c1-2-6-16-13(4-1)11-17(19-16)14-7-8-15-12(10-14)5-3-9-18-15/h1-2,4,6-8,10-11,18H,3,5,9H2. The third-order valence-electron chi connectivity index (χ3n) is 3.75. The highest BCUT2D eigenvalue weighted by Crippen LogP contribution is 2.31. The number of hydrogen-bond donors (Lipinski definition) is 1. The van der Waals surface area contributed by atoms with Gasteiger partial charge in [-0.1, -0.05) is 18.2 Å². The van der Waals surface area contributed by atoms with Gasteiger partial charge in [0, 0.05) is 23.2 Å². The molecule has 0 saturated carbocycles. The van der Waals surface area contributed by atoms with Crippen LogP contribution in [0.2, 0.25) is 0 Å². The second-order valence-electron chi connectivity index (χ2n) is 5.05. The van der Waals surface area contributed by atoms with Gasteiger partial charge < -0.3 is 9.73 Å². The highest BCUT2D eigenvalue weighted by molar-refractivity contribution is 5.83. The van der Waals surface area contributed by atoms with Gasteiger partial charge in [0.05, 0.1) is 0 Å². The smallest absolute Gasteiger partial charge is 0.135 e. The first-order valence-corrected chi connectivity index (χ1v) is 6.76. The van der Waals surface area contributed by atoms with Gasteiger partial charge in [0.15, 0.2) is 0 Å². The summed E-state index contributed by atoms with van der Waals surface area (Å²) in [4.78, 5) is 0. The molecule has 0 amide bonds. The molecule has 0 fully saturated rings. The van der Waals surface area contributed by atoms with Gasteiger partial charge in [0.2, 0.25) is 0 Å². The number of benzene rings is 2. The van der Waals surface area contributed by atoms with Crippen molar-refractivity contribution >= 4 is 16.7 Å². The summed E-state index contributed by atoms with van der Waals surface area (Å²) in [6.45, 7) is 1.08. The zero-order valence-electron chi connectivity index (χ0n) is 10.6. The topological polar surface area (TPSA) is 25.2 Å². The van der Waals surface area contributed by atoms with Crippen LogP contribution in [0.3, 0.4) is 0 Å². The number of aryl methyl sites for hydroxylation is 1. The SMILES string of the molecule is c1ccc2oc(-c3ccc4c(c3)CCCN4)cc2c1. The van der Waals surface area contributed by atoms with Gasteiger partial charge in [-0.25, -0.2) is 0 Å². The first kappa shape index (κ1) is 10.7. The molecule has 19 heavy (non-hydrogen) atoms. The molecule has 2 heteroatoms. The molecular formula is C17H15NO. The zero-order valence-corrected chi connectivity index (χ0v) is 10.6. The molecule has 0 saturated heterocycles. The molecule has 0 aliphatic carbocycles. The lowest BCUT2D eigenvalue weighted by atomic mass is 10.00. The first-order valence-electron chi connectivity index (χ1n) is 6.76. The Balaban J connectivity index is 1.83. The van der Waals surface area contributed by atoms with Crippen molar-refractivity contribution in [2.45, 2.75) is 12.8 Å². The van der Waals surface area contributed by atoms with E-state index in [0.717, 1.165) is 29.7 Å². The highest BCUT2D eigenvalue weighted by atomic mass is 16.3. The van der Waals surface area contributed by atoms with Crippen LogP contribution < -0.4 is 5.32 Å². The van der Waals surface area contributed by atoms with Gasteiger partial charge in [0.25, 0.3) is 0 Å². The number of nitrogens with one attached hydrogen (secondary N) is 1. The van der Waals surface area contributed by atoms with E-state index in [1.54, 1.807) is 0 Å². The fourth-order valence-corrected chi connectivity index (χ4v) is 2.75. The maximum absolute atomic E-state index is 5.92. The predicted molar refractivity (Wildman–Crippen MR) is 78.5 cm³/mol. The van der Waals surface area contributed by atoms with Crippen LogP contribution in [0.5, 0.6) is 0 Å². The Bertz CT molecular complexity index is 709. The van der Waals surface area contributed by atoms with E-state index in [-0.39, 0.29) is 0 Å². The quantitative estimate of drug-likeness (QED) is 0.689. The van der Waals surface area contributed by atoms with E-state index in [9.17, 15) is 0 Å². The summed E-state index contributed by atoms with van der Waals surface area (Å²) in [5.41, 5.74) is 4.78. The van der Waals surface area contributed by atoms with Gasteiger partial charge in [-0.05, 0) is 48.7 Å². The Morgan fingerprint density at radius 1 is 1.00 bits per heavy atom. The van der Waals surface area contributed by atoms with Gasteiger partial charge in [-0.3, -0.25) is 0 Å². The van der Waals surface area contributed by atoms with E-state index in [1.165, 1.54) is 23.2 Å². The number of fused-ring (bicyclic) bond motifs is 2. The summed E-state index contributed by atoms with van der Waals surface area (Å²) in [5, 5.41) is 4.60. The monoisotopic (exact) mass is 249 g/mol. The number of rotatable bonds is 1. The van der Waals surface area contributed by atoms with Crippen molar-refractivity contribution in [1.29, 1.82) is 0 Å². The molecule has 2 aromatic carbocycles. The molecule has 94 valence electrons. The molecule has 3 aromatic rings. The highest BCUT2D eigenvalue weighted by Gasteiger charge is 2.11. The lowest BCUT2D eigenvalue weighted by molar-refractivity contribution is 0.631. The van der Waals surface area contributed by atoms with Gasteiger partial charge >= 0.3 is 0 Å². The summed E-state index contributed by atoms with van der Waals surface area (Å²) >= 11 is 0. The molecule has 1 aliphatic heterocycles. The average molecular weight is 249 g/mol. The number of furan rings is 1. The fourth-order valence-electron chi connectivity index (χ4n) is 2.75. The van der Waals surface area contributed by atoms with Crippen LogP contribution in [-0.4, -0.2) is 6.54 Å². The lowest BCUT2D eigenvalue weighted by Gasteiger charge is -2.18. The van der Waals surface area contributed by atoms with E-state index in [2.05, 4.69) is 35.6 Å². The van der Waals surface area contributed by atoms with Crippen LogP contribution >= 0.6 is 0 Å². The van der Waals surface area contributed by atoms with Crippen molar-refractivity contribution in [2.24, 2.45) is 0 Å². The Kier molecular flexibility index (Phi) is 2.34. The average Bonchev–Trinajstić information content (AvgIpc) is 2.90.